The highest BCUT2D eigenvalue weighted by molar-refractivity contribution is 5.56. The number of benzene rings is 1. The molecule has 0 amide bonds. The van der Waals surface area contributed by atoms with Crippen LogP contribution < -0.4 is 9.47 Å². The highest BCUT2D eigenvalue weighted by Gasteiger charge is 2.04. The maximum atomic E-state index is 12.8. The molecular formula is C26H39FN2O2. The van der Waals surface area contributed by atoms with E-state index in [9.17, 15) is 4.39 Å². The molecule has 0 radical (unpaired) electrons. The van der Waals surface area contributed by atoms with Crippen molar-refractivity contribution in [2.24, 2.45) is 0 Å². The molecule has 0 spiro atoms. The lowest BCUT2D eigenvalue weighted by atomic mass is 10.1. The summed E-state index contributed by atoms with van der Waals surface area (Å²) >= 11 is 0. The quantitative estimate of drug-likeness (QED) is 0.243. The molecule has 1 atom stereocenters. The second-order valence-corrected chi connectivity index (χ2v) is 8.22. The van der Waals surface area contributed by atoms with E-state index in [-0.39, 0.29) is 0 Å². The van der Waals surface area contributed by atoms with E-state index in [4.69, 9.17) is 9.47 Å². The van der Waals surface area contributed by atoms with Gasteiger partial charge in [0.1, 0.15) is 5.75 Å². The van der Waals surface area contributed by atoms with Gasteiger partial charge in [-0.05, 0) is 56.9 Å². The number of aromatic nitrogens is 2. The van der Waals surface area contributed by atoms with E-state index in [1.165, 1.54) is 44.9 Å². The molecule has 0 saturated carbocycles. The minimum Gasteiger partial charge on any atom is -0.494 e. The monoisotopic (exact) mass is 430 g/mol. The largest absolute Gasteiger partial charge is 0.494 e. The van der Waals surface area contributed by atoms with Gasteiger partial charge in [-0.15, -0.1) is 0 Å². The molecule has 0 bridgehead atoms. The van der Waals surface area contributed by atoms with E-state index in [2.05, 4.69) is 16.9 Å². The fourth-order valence-corrected chi connectivity index (χ4v) is 3.38. The zero-order chi connectivity index (χ0) is 22.2. The molecule has 0 aliphatic rings. The van der Waals surface area contributed by atoms with E-state index in [1.807, 2.05) is 24.3 Å². The summed E-state index contributed by atoms with van der Waals surface area (Å²) in [6, 6.07) is 7.91. The van der Waals surface area contributed by atoms with Gasteiger partial charge in [0.25, 0.3) is 0 Å². The van der Waals surface area contributed by atoms with Gasteiger partial charge >= 0.3 is 0 Å². The third-order valence-electron chi connectivity index (χ3n) is 5.27. The summed E-state index contributed by atoms with van der Waals surface area (Å²) in [5, 5.41) is 0. The van der Waals surface area contributed by atoms with Gasteiger partial charge in [0.2, 0.25) is 0 Å². The van der Waals surface area contributed by atoms with Crippen LogP contribution in [0.15, 0.2) is 36.7 Å². The number of hydrogen-bond donors (Lipinski definition) is 0. The average Bonchev–Trinajstić information content (AvgIpc) is 2.78. The molecule has 5 heteroatoms. The fraction of sp³-hybridized carbons (Fsp3) is 0.615. The number of halogens is 1. The van der Waals surface area contributed by atoms with Crippen molar-refractivity contribution in [2.75, 3.05) is 13.2 Å². The predicted molar refractivity (Wildman–Crippen MR) is 125 cm³/mol. The second kappa shape index (κ2) is 15.6. The normalized spacial score (nSPS) is 12.0. The molecule has 2 aromatic rings. The molecular weight excluding hydrogens is 391 g/mol. The SMILES string of the molecule is CCCCCCCCCCOc1ccc(-c2ncc(OCCCC[C@@H](C)F)cn2)cc1. The minimum atomic E-state index is -0.746. The Labute approximate surface area is 187 Å². The lowest BCUT2D eigenvalue weighted by molar-refractivity contribution is 0.282. The van der Waals surface area contributed by atoms with Crippen molar-refractivity contribution >= 4 is 0 Å². The topological polar surface area (TPSA) is 44.2 Å². The van der Waals surface area contributed by atoms with Crippen LogP contribution >= 0.6 is 0 Å². The van der Waals surface area contributed by atoms with Crippen LogP contribution in [0, 0.1) is 0 Å². The molecule has 0 saturated heterocycles. The Balaban J connectivity index is 1.63. The molecule has 1 heterocycles. The van der Waals surface area contributed by atoms with Crippen LogP contribution in [0.4, 0.5) is 4.39 Å². The minimum absolute atomic E-state index is 0.556. The fourth-order valence-electron chi connectivity index (χ4n) is 3.38. The molecule has 31 heavy (non-hydrogen) atoms. The predicted octanol–water partition coefficient (Wildman–Crippen LogP) is 7.57. The van der Waals surface area contributed by atoms with Crippen molar-refractivity contribution < 1.29 is 13.9 Å². The number of rotatable bonds is 17. The van der Waals surface area contributed by atoms with Crippen molar-refractivity contribution in [3.8, 4) is 22.9 Å². The molecule has 0 aliphatic heterocycles. The average molecular weight is 431 g/mol. The lowest BCUT2D eigenvalue weighted by Crippen LogP contribution is -2.01. The third-order valence-corrected chi connectivity index (χ3v) is 5.27. The van der Waals surface area contributed by atoms with Gasteiger partial charge in [-0.1, -0.05) is 51.9 Å². The summed E-state index contributed by atoms with van der Waals surface area (Å²) in [6.45, 7) is 5.16. The van der Waals surface area contributed by atoms with Crippen molar-refractivity contribution in [1.29, 1.82) is 0 Å². The van der Waals surface area contributed by atoms with Crippen molar-refractivity contribution in [3.05, 3.63) is 36.7 Å². The Morgan fingerprint density at radius 3 is 1.90 bits per heavy atom. The second-order valence-electron chi connectivity index (χ2n) is 8.22. The van der Waals surface area contributed by atoms with Crippen LogP contribution in [0.25, 0.3) is 11.4 Å². The molecule has 0 fully saturated rings. The van der Waals surface area contributed by atoms with Gasteiger partial charge in [0.05, 0.1) is 31.8 Å². The Kier molecular flexibility index (Phi) is 12.6. The van der Waals surface area contributed by atoms with E-state index in [0.29, 0.717) is 24.6 Å². The van der Waals surface area contributed by atoms with Gasteiger partial charge < -0.3 is 9.47 Å². The first-order valence-electron chi connectivity index (χ1n) is 12.0. The lowest BCUT2D eigenvalue weighted by Gasteiger charge is -2.08. The number of alkyl halides is 1. The Morgan fingerprint density at radius 2 is 1.29 bits per heavy atom. The van der Waals surface area contributed by atoms with Crippen LogP contribution in [0.1, 0.15) is 84.5 Å². The van der Waals surface area contributed by atoms with E-state index < -0.39 is 6.17 Å². The summed E-state index contributed by atoms with van der Waals surface area (Å²) in [6.07, 6.45) is 15.3. The first kappa shape index (κ1) is 25.1. The number of ether oxygens (including phenoxy) is 2. The van der Waals surface area contributed by atoms with Gasteiger partial charge in [-0.2, -0.15) is 0 Å². The van der Waals surface area contributed by atoms with Gasteiger partial charge in [0.15, 0.2) is 11.6 Å². The van der Waals surface area contributed by atoms with Gasteiger partial charge in [-0.25, -0.2) is 14.4 Å². The summed E-state index contributed by atoms with van der Waals surface area (Å²) in [4.78, 5) is 8.78. The van der Waals surface area contributed by atoms with Crippen molar-refractivity contribution in [3.63, 3.8) is 0 Å². The highest BCUT2D eigenvalue weighted by Crippen LogP contribution is 2.21. The van der Waals surface area contributed by atoms with Crippen LogP contribution in [0.5, 0.6) is 11.5 Å². The number of hydrogen-bond acceptors (Lipinski definition) is 4. The molecule has 4 nitrogen and oxygen atoms in total. The van der Waals surface area contributed by atoms with Crippen molar-refractivity contribution in [2.45, 2.75) is 90.6 Å². The summed E-state index contributed by atoms with van der Waals surface area (Å²) in [5.74, 6) is 2.19. The molecule has 172 valence electrons. The van der Waals surface area contributed by atoms with Gasteiger partial charge in [-0.3, -0.25) is 0 Å². The summed E-state index contributed by atoms with van der Waals surface area (Å²) in [7, 11) is 0. The Morgan fingerprint density at radius 1 is 0.742 bits per heavy atom. The third kappa shape index (κ3) is 11.1. The standard InChI is InChI=1S/C26H39FN2O2/c1-3-4-5-6-7-8-9-11-18-30-24-16-14-23(15-17-24)26-28-20-25(21-29-26)31-19-12-10-13-22(2)27/h14-17,20-22H,3-13,18-19H2,1-2H3/t22-/m1/s1. The maximum absolute atomic E-state index is 12.8. The number of nitrogens with zero attached hydrogens (tertiary/aromatic N) is 2. The molecule has 0 N–H and O–H groups in total. The highest BCUT2D eigenvalue weighted by atomic mass is 19.1. The van der Waals surface area contributed by atoms with Gasteiger partial charge in [0, 0.05) is 5.56 Å². The zero-order valence-electron chi connectivity index (χ0n) is 19.3. The van der Waals surface area contributed by atoms with E-state index in [0.717, 1.165) is 37.2 Å². The summed E-state index contributed by atoms with van der Waals surface area (Å²) in [5.41, 5.74) is 0.947. The Hall–Kier alpha value is -2.17. The maximum Gasteiger partial charge on any atom is 0.159 e. The van der Waals surface area contributed by atoms with E-state index >= 15 is 0 Å². The van der Waals surface area contributed by atoms with Crippen LogP contribution in [-0.2, 0) is 0 Å². The Bertz CT molecular complexity index is 690. The first-order valence-corrected chi connectivity index (χ1v) is 12.0. The van der Waals surface area contributed by atoms with Crippen molar-refractivity contribution in [1.82, 2.24) is 9.97 Å². The van der Waals surface area contributed by atoms with Crippen LogP contribution in [0.2, 0.25) is 0 Å². The number of unbranched alkanes of at least 4 members (excludes halogenated alkanes) is 8. The van der Waals surface area contributed by atoms with Crippen LogP contribution in [-0.4, -0.2) is 29.4 Å². The molecule has 0 aliphatic carbocycles. The molecule has 1 aromatic carbocycles. The molecule has 0 unspecified atom stereocenters. The van der Waals surface area contributed by atoms with E-state index in [1.54, 1.807) is 19.3 Å². The summed E-state index contributed by atoms with van der Waals surface area (Å²) < 4.78 is 24.2. The molecule has 1 aromatic heterocycles. The first-order chi connectivity index (χ1) is 15.2. The van der Waals surface area contributed by atoms with Crippen LogP contribution in [0.3, 0.4) is 0 Å². The smallest absolute Gasteiger partial charge is 0.159 e. The zero-order valence-corrected chi connectivity index (χ0v) is 19.3. The molecule has 2 rings (SSSR count).